The molecule has 23 heavy (non-hydrogen) atoms. The van der Waals surface area contributed by atoms with Crippen molar-refractivity contribution in [2.24, 2.45) is 4.99 Å². The van der Waals surface area contributed by atoms with Crippen molar-refractivity contribution in [1.82, 2.24) is 15.6 Å². The van der Waals surface area contributed by atoms with Crippen molar-refractivity contribution in [3.05, 3.63) is 23.9 Å². The number of nitrogens with one attached hydrogen (secondary N) is 2. The van der Waals surface area contributed by atoms with Gasteiger partial charge in [0.1, 0.15) is 5.82 Å². The van der Waals surface area contributed by atoms with Gasteiger partial charge < -0.3 is 20.3 Å². The first-order valence-electron chi connectivity index (χ1n) is 8.46. The molecule has 2 N–H and O–H groups in total. The largest absolute Gasteiger partial charge is 0.383 e. The van der Waals surface area contributed by atoms with Crippen LogP contribution in [0.25, 0.3) is 0 Å². The smallest absolute Gasteiger partial charge is 0.191 e. The highest BCUT2D eigenvalue weighted by molar-refractivity contribution is 5.80. The van der Waals surface area contributed by atoms with Crippen LogP contribution in [0.5, 0.6) is 0 Å². The second-order valence-corrected chi connectivity index (χ2v) is 5.91. The van der Waals surface area contributed by atoms with Crippen molar-refractivity contribution in [3.63, 3.8) is 0 Å². The van der Waals surface area contributed by atoms with Gasteiger partial charge in [0, 0.05) is 39.0 Å². The van der Waals surface area contributed by atoms with Crippen LogP contribution in [0.1, 0.15) is 32.3 Å². The van der Waals surface area contributed by atoms with E-state index in [0.29, 0.717) is 13.2 Å². The summed E-state index contributed by atoms with van der Waals surface area (Å²) >= 11 is 0. The molecule has 6 nitrogen and oxygen atoms in total. The fourth-order valence-electron chi connectivity index (χ4n) is 2.69. The lowest BCUT2D eigenvalue weighted by Crippen LogP contribution is -2.43. The molecule has 0 spiro atoms. The number of aromatic nitrogens is 1. The number of hydrogen-bond donors (Lipinski definition) is 2. The van der Waals surface area contributed by atoms with E-state index in [0.717, 1.165) is 31.4 Å². The van der Waals surface area contributed by atoms with E-state index in [1.165, 1.54) is 18.4 Å². The van der Waals surface area contributed by atoms with Gasteiger partial charge in [-0.15, -0.1) is 0 Å². The fraction of sp³-hybridized carbons (Fsp3) is 0.647. The quantitative estimate of drug-likeness (QED) is 0.592. The summed E-state index contributed by atoms with van der Waals surface area (Å²) in [5, 5.41) is 6.62. The number of methoxy groups -OCH3 is 1. The van der Waals surface area contributed by atoms with Gasteiger partial charge in [-0.1, -0.05) is 0 Å². The van der Waals surface area contributed by atoms with Crippen LogP contribution in [0.2, 0.25) is 0 Å². The number of anilines is 1. The first kappa shape index (κ1) is 17.5. The molecule has 0 saturated carbocycles. The van der Waals surface area contributed by atoms with E-state index in [-0.39, 0.29) is 6.04 Å². The lowest BCUT2D eigenvalue weighted by Gasteiger charge is -2.18. The van der Waals surface area contributed by atoms with Gasteiger partial charge in [0.25, 0.3) is 0 Å². The van der Waals surface area contributed by atoms with Crippen LogP contribution in [0, 0.1) is 0 Å². The third-order valence-electron chi connectivity index (χ3n) is 3.80. The molecule has 1 fully saturated rings. The minimum Gasteiger partial charge on any atom is -0.383 e. The van der Waals surface area contributed by atoms with Gasteiger partial charge in [-0.3, -0.25) is 0 Å². The zero-order valence-electron chi connectivity index (χ0n) is 14.5. The zero-order chi connectivity index (χ0) is 16.5. The SMILES string of the molecule is CCNC(=NCc1ccnc(N2CCCC2)c1)NC(C)COC. The number of hydrogen-bond acceptors (Lipinski definition) is 4. The third-order valence-corrected chi connectivity index (χ3v) is 3.80. The normalized spacial score (nSPS) is 16.5. The molecule has 1 unspecified atom stereocenters. The Labute approximate surface area is 139 Å². The lowest BCUT2D eigenvalue weighted by atomic mass is 10.2. The van der Waals surface area contributed by atoms with Crippen LogP contribution in [-0.2, 0) is 11.3 Å². The highest BCUT2D eigenvalue weighted by Gasteiger charge is 2.13. The average molecular weight is 319 g/mol. The van der Waals surface area contributed by atoms with E-state index in [1.54, 1.807) is 7.11 Å². The topological polar surface area (TPSA) is 61.8 Å². The van der Waals surface area contributed by atoms with Gasteiger partial charge in [-0.05, 0) is 44.4 Å². The molecule has 1 aliphatic rings. The van der Waals surface area contributed by atoms with Crippen LogP contribution in [-0.4, -0.2) is 50.3 Å². The summed E-state index contributed by atoms with van der Waals surface area (Å²) in [5.41, 5.74) is 1.18. The van der Waals surface area contributed by atoms with Gasteiger partial charge in [0.2, 0.25) is 0 Å². The molecule has 0 radical (unpaired) electrons. The molecule has 1 saturated heterocycles. The molecule has 1 aliphatic heterocycles. The minimum absolute atomic E-state index is 0.218. The third kappa shape index (κ3) is 5.71. The molecule has 128 valence electrons. The zero-order valence-corrected chi connectivity index (χ0v) is 14.5. The van der Waals surface area contributed by atoms with Crippen molar-refractivity contribution in [2.75, 3.05) is 38.3 Å². The molecule has 6 heteroatoms. The van der Waals surface area contributed by atoms with Gasteiger partial charge >= 0.3 is 0 Å². The van der Waals surface area contributed by atoms with E-state index >= 15 is 0 Å². The van der Waals surface area contributed by atoms with E-state index in [1.807, 2.05) is 12.3 Å². The second kappa shape index (κ2) is 9.35. The van der Waals surface area contributed by atoms with E-state index in [2.05, 4.69) is 45.4 Å². The maximum absolute atomic E-state index is 5.16. The standard InChI is InChI=1S/C17H29N5O/c1-4-18-17(21-14(2)13-23-3)20-12-15-7-8-19-16(11-15)22-9-5-6-10-22/h7-8,11,14H,4-6,9-10,12-13H2,1-3H3,(H2,18,20,21). The Morgan fingerprint density at radius 1 is 1.43 bits per heavy atom. The van der Waals surface area contributed by atoms with Crippen LogP contribution in [0.3, 0.4) is 0 Å². The van der Waals surface area contributed by atoms with Crippen molar-refractivity contribution in [2.45, 2.75) is 39.3 Å². The maximum Gasteiger partial charge on any atom is 0.191 e. The highest BCUT2D eigenvalue weighted by atomic mass is 16.5. The average Bonchev–Trinajstić information content (AvgIpc) is 3.08. The number of guanidine groups is 1. The molecule has 0 aliphatic carbocycles. The molecule has 2 heterocycles. The summed E-state index contributed by atoms with van der Waals surface area (Å²) in [4.78, 5) is 11.5. The molecular weight excluding hydrogens is 290 g/mol. The van der Waals surface area contributed by atoms with E-state index < -0.39 is 0 Å². The molecule has 0 aromatic carbocycles. The molecule has 0 amide bonds. The summed E-state index contributed by atoms with van der Waals surface area (Å²) in [7, 11) is 1.71. The van der Waals surface area contributed by atoms with Gasteiger partial charge in [0.05, 0.1) is 13.2 Å². The van der Waals surface area contributed by atoms with Crippen molar-refractivity contribution in [3.8, 4) is 0 Å². The monoisotopic (exact) mass is 319 g/mol. The van der Waals surface area contributed by atoms with E-state index in [9.17, 15) is 0 Å². The summed E-state index contributed by atoms with van der Waals surface area (Å²) in [6, 6.07) is 4.40. The fourth-order valence-corrected chi connectivity index (χ4v) is 2.69. The van der Waals surface area contributed by atoms with Crippen molar-refractivity contribution in [1.29, 1.82) is 0 Å². The van der Waals surface area contributed by atoms with Crippen LogP contribution in [0.15, 0.2) is 23.3 Å². The molecule has 0 bridgehead atoms. The van der Waals surface area contributed by atoms with Crippen LogP contribution >= 0.6 is 0 Å². The molecule has 1 aromatic heterocycles. The van der Waals surface area contributed by atoms with Crippen LogP contribution in [0.4, 0.5) is 5.82 Å². The minimum atomic E-state index is 0.218. The molecule has 1 aromatic rings. The number of rotatable bonds is 7. The Bertz CT molecular complexity index is 500. The second-order valence-electron chi connectivity index (χ2n) is 5.91. The predicted molar refractivity (Wildman–Crippen MR) is 95.0 cm³/mol. The van der Waals surface area contributed by atoms with E-state index in [4.69, 9.17) is 4.74 Å². The summed E-state index contributed by atoms with van der Waals surface area (Å²) in [6.07, 6.45) is 4.40. The first-order chi connectivity index (χ1) is 11.2. The van der Waals surface area contributed by atoms with Crippen molar-refractivity contribution >= 4 is 11.8 Å². The summed E-state index contributed by atoms with van der Waals surface area (Å²) in [5.74, 6) is 1.89. The predicted octanol–water partition coefficient (Wildman–Crippen LogP) is 1.77. The number of nitrogens with zero attached hydrogens (tertiary/aromatic N) is 3. The maximum atomic E-state index is 5.16. The van der Waals surface area contributed by atoms with Gasteiger partial charge in [-0.2, -0.15) is 0 Å². The Morgan fingerprint density at radius 2 is 2.22 bits per heavy atom. The summed E-state index contributed by atoms with van der Waals surface area (Å²) < 4.78 is 5.16. The number of ether oxygens (including phenoxy) is 1. The number of aliphatic imine (C=N–C) groups is 1. The lowest BCUT2D eigenvalue weighted by molar-refractivity contribution is 0.179. The Balaban J connectivity index is 1.98. The Morgan fingerprint density at radius 3 is 2.91 bits per heavy atom. The Hall–Kier alpha value is -1.82. The molecular formula is C17H29N5O. The molecule has 1 atom stereocenters. The van der Waals surface area contributed by atoms with Crippen molar-refractivity contribution < 1.29 is 4.74 Å². The highest BCUT2D eigenvalue weighted by Crippen LogP contribution is 2.18. The Kier molecular flexibility index (Phi) is 7.13. The summed E-state index contributed by atoms with van der Waals surface area (Å²) in [6.45, 7) is 8.49. The molecule has 2 rings (SSSR count). The first-order valence-corrected chi connectivity index (χ1v) is 8.46. The number of pyridine rings is 1. The van der Waals surface area contributed by atoms with Gasteiger partial charge in [0.15, 0.2) is 5.96 Å². The van der Waals surface area contributed by atoms with Gasteiger partial charge in [-0.25, -0.2) is 9.98 Å². The van der Waals surface area contributed by atoms with Crippen LogP contribution < -0.4 is 15.5 Å².